The van der Waals surface area contributed by atoms with Crippen LogP contribution in [0.2, 0.25) is 10.6 Å². The van der Waals surface area contributed by atoms with Gasteiger partial charge in [-0.15, -0.1) is 10.2 Å². The summed E-state index contributed by atoms with van der Waals surface area (Å²) in [6, 6.07) is 6.63. The second-order valence-electron chi connectivity index (χ2n) is 7.55. The van der Waals surface area contributed by atoms with E-state index >= 15 is 0 Å². The van der Waals surface area contributed by atoms with E-state index in [1.807, 2.05) is 0 Å². The monoisotopic (exact) mass is 719 g/mol. The van der Waals surface area contributed by atoms with E-state index in [1.54, 1.807) is 0 Å². The van der Waals surface area contributed by atoms with Gasteiger partial charge in [-0.2, -0.15) is 40.2 Å². The van der Waals surface area contributed by atoms with Gasteiger partial charge in [0.15, 0.2) is 5.75 Å². The number of aromatic nitrogens is 3. The van der Waals surface area contributed by atoms with Crippen molar-refractivity contribution in [2.45, 2.75) is 14.7 Å². The van der Waals surface area contributed by atoms with Gasteiger partial charge in [0, 0.05) is 105 Å². The molecule has 3 radical (unpaired) electrons. The summed E-state index contributed by atoms with van der Waals surface area (Å²) in [4.78, 5) is 8.46. The molecule has 0 bridgehead atoms. The van der Waals surface area contributed by atoms with Crippen molar-refractivity contribution in [3.8, 4) is 5.75 Å². The maximum absolute atomic E-state index is 12.0. The van der Waals surface area contributed by atoms with Crippen molar-refractivity contribution in [1.29, 1.82) is 0 Å². The van der Waals surface area contributed by atoms with E-state index in [0.29, 0.717) is 6.07 Å². The second kappa shape index (κ2) is 15.4. The number of phenols is 1. The Bertz CT molecular complexity index is 2050. The van der Waals surface area contributed by atoms with Gasteiger partial charge < -0.3 is 10.4 Å². The molecule has 0 atom stereocenters. The molecular weight excluding hydrogens is 708 g/mol. The second-order valence-corrected chi connectivity index (χ2v) is 12.4. The summed E-state index contributed by atoms with van der Waals surface area (Å²) in [6.45, 7) is 0. The Morgan fingerprint density at radius 2 is 1.21 bits per heavy atom. The smallest absolute Gasteiger partial charge is 0.296 e. The number of phenolic OH excluding ortho intramolecular Hbond substituents is 1. The molecule has 0 amide bonds. The molecule has 16 nitrogen and oxygen atoms in total. The molecule has 0 fully saturated rings. The molecule has 0 saturated carbocycles. The van der Waals surface area contributed by atoms with E-state index in [-0.39, 0.29) is 111 Å². The fraction of sp³-hybridized carbons (Fsp3) is 0. The van der Waals surface area contributed by atoms with Gasteiger partial charge in [-0.1, -0.05) is 12.1 Å². The number of aromatic hydroxyl groups is 1. The number of hydrogen-bond acceptors (Lipinski definition) is 13. The Kier molecular flexibility index (Phi) is 14.4. The van der Waals surface area contributed by atoms with Gasteiger partial charge in [-0.3, -0.25) is 13.7 Å². The van der Waals surface area contributed by atoms with Crippen LogP contribution >= 0.6 is 23.2 Å². The average Bonchev–Trinajstić information content (AvgIpc) is 2.80. The Balaban J connectivity index is 0.00000308. The van der Waals surface area contributed by atoms with E-state index < -0.39 is 72.9 Å². The van der Waals surface area contributed by atoms with Crippen molar-refractivity contribution in [3.05, 3.63) is 53.0 Å². The molecule has 3 aromatic carbocycles. The minimum Gasteiger partial charge on any atom is -0.505 e. The van der Waals surface area contributed by atoms with Crippen LogP contribution in [0.4, 0.5) is 23.0 Å². The van der Waals surface area contributed by atoms with Gasteiger partial charge in [-0.25, -0.2) is 0 Å². The third kappa shape index (κ3) is 9.72. The quantitative estimate of drug-likeness (QED) is 0.105. The zero-order chi connectivity index (χ0) is 29.6. The van der Waals surface area contributed by atoms with Crippen LogP contribution in [0.5, 0.6) is 5.75 Å². The van der Waals surface area contributed by atoms with E-state index in [9.17, 15) is 44.0 Å². The molecule has 0 aliphatic heterocycles. The van der Waals surface area contributed by atoms with Crippen molar-refractivity contribution in [2.24, 2.45) is 10.2 Å². The molecule has 213 valence electrons. The molecule has 0 saturated heterocycles. The Labute approximate surface area is 319 Å². The number of rotatable bonds is 7. The summed E-state index contributed by atoms with van der Waals surface area (Å²) in [5.74, 6) is -1.17. The van der Waals surface area contributed by atoms with Gasteiger partial charge in [0.25, 0.3) is 30.4 Å². The third-order valence-electron chi connectivity index (χ3n) is 4.93. The predicted molar refractivity (Wildman–Crippen MR) is 156 cm³/mol. The molecule has 4 rings (SSSR count). The molecule has 5 N–H and O–H groups in total. The number of benzene rings is 3. The first-order chi connectivity index (χ1) is 18.4. The largest absolute Gasteiger partial charge is 0.505 e. The number of azo groups is 1. The van der Waals surface area contributed by atoms with Crippen LogP contribution in [0.3, 0.4) is 0 Å². The maximum Gasteiger partial charge on any atom is 0.296 e. The van der Waals surface area contributed by atoms with Crippen LogP contribution in [0, 0.1) is 0 Å². The molecule has 0 aliphatic rings. The van der Waals surface area contributed by atoms with Crippen LogP contribution in [-0.4, -0.2) is 148 Å². The van der Waals surface area contributed by atoms with Gasteiger partial charge in [-0.05, 0) is 53.5 Å². The number of halogens is 2. The van der Waals surface area contributed by atoms with Gasteiger partial charge in [0.05, 0.1) is 0 Å². The summed E-state index contributed by atoms with van der Waals surface area (Å²) in [5, 5.41) is 18.9. The van der Waals surface area contributed by atoms with Crippen LogP contribution in [-0.2, 0) is 30.4 Å². The summed E-state index contributed by atoms with van der Waals surface area (Å²) >= 11 is 11.4. The van der Waals surface area contributed by atoms with Gasteiger partial charge in [0.1, 0.15) is 26.1 Å². The summed E-state index contributed by atoms with van der Waals surface area (Å²) in [6.07, 6.45) is 0. The minimum absolute atomic E-state index is 0. The average molecular weight is 720 g/mol. The Morgan fingerprint density at radius 1 is 0.674 bits per heavy atom. The van der Waals surface area contributed by atoms with Gasteiger partial charge >= 0.3 is 0 Å². The molecule has 24 heteroatoms. The van der Waals surface area contributed by atoms with E-state index in [4.69, 9.17) is 23.2 Å². The SMILES string of the molecule is O=S(=O)(O)c1ccc(Nc2nc(Cl)nc(Cl)n2)cc1N=Nc1cc(S(=O)(=O)O)c2cccc(S(=O)(=O)O)c2c1O.[Na].[Na].[Na]. The molecule has 1 heterocycles. The predicted octanol–water partition coefficient (Wildman–Crippen LogP) is 2.79. The van der Waals surface area contributed by atoms with Crippen LogP contribution in [0.1, 0.15) is 0 Å². The first-order valence-electron chi connectivity index (χ1n) is 10.1. The zero-order valence-electron chi connectivity index (χ0n) is 22.0. The maximum atomic E-state index is 12.0. The molecule has 0 aliphatic carbocycles. The molecule has 1 aromatic heterocycles. The van der Waals surface area contributed by atoms with Gasteiger partial charge in [0.2, 0.25) is 16.5 Å². The number of anilines is 2. The minimum atomic E-state index is -5.07. The number of nitrogens with one attached hydrogen (secondary N) is 1. The first-order valence-corrected chi connectivity index (χ1v) is 15.1. The number of hydrogen-bond donors (Lipinski definition) is 5. The fourth-order valence-corrected chi connectivity index (χ4v) is 5.78. The summed E-state index contributed by atoms with van der Waals surface area (Å²) in [5.41, 5.74) is -1.30. The fourth-order valence-electron chi connectivity index (χ4n) is 3.39. The van der Waals surface area contributed by atoms with Crippen molar-refractivity contribution >= 4 is 176 Å². The van der Waals surface area contributed by atoms with E-state index in [1.165, 1.54) is 0 Å². The molecule has 0 unspecified atom stereocenters. The van der Waals surface area contributed by atoms with Crippen LogP contribution in [0.25, 0.3) is 10.8 Å². The number of fused-ring (bicyclic) bond motifs is 1. The number of nitrogens with zero attached hydrogens (tertiary/aromatic N) is 5. The molecule has 43 heavy (non-hydrogen) atoms. The van der Waals surface area contributed by atoms with Crippen molar-refractivity contribution < 1.29 is 44.0 Å². The van der Waals surface area contributed by atoms with Crippen molar-refractivity contribution in [3.63, 3.8) is 0 Å². The van der Waals surface area contributed by atoms with E-state index in [2.05, 4.69) is 30.5 Å². The Hall–Kier alpha value is -0.560. The normalized spacial score (nSPS) is 11.8. The topological polar surface area (TPSA) is 259 Å². The first kappa shape index (κ1) is 40.5. The van der Waals surface area contributed by atoms with Crippen molar-refractivity contribution in [2.75, 3.05) is 5.32 Å². The summed E-state index contributed by atoms with van der Waals surface area (Å²) in [7, 11) is -15.0. The Morgan fingerprint density at radius 3 is 1.74 bits per heavy atom. The molecule has 4 aromatic rings. The summed E-state index contributed by atoms with van der Waals surface area (Å²) < 4.78 is 101. The van der Waals surface area contributed by atoms with Crippen LogP contribution < -0.4 is 5.32 Å². The molecule has 0 spiro atoms. The molecular formula is C19H12Cl2N6Na3O10S3. The van der Waals surface area contributed by atoms with Crippen molar-refractivity contribution in [1.82, 2.24) is 15.0 Å². The standard InChI is InChI=1S/C19H12Cl2N6O10S3.3Na/c20-17-23-18(21)25-19(24-17)22-8-4-5-12(38(29,30)31)10(6-8)26-27-11-7-14(40(35,36)37)9-2-1-3-13(39(32,33)34)15(9)16(11)28;;;/h1-7,28H,(H,29,30,31)(H,32,33,34)(H,35,36,37)(H,22,23,24,25);;;. The van der Waals surface area contributed by atoms with E-state index in [0.717, 1.165) is 36.4 Å². The zero-order valence-corrected chi connectivity index (χ0v) is 32.0. The third-order valence-corrected chi connectivity index (χ3v) is 7.96. The van der Waals surface area contributed by atoms with Crippen LogP contribution in [0.15, 0.2) is 67.4 Å².